The van der Waals surface area contributed by atoms with E-state index in [0.29, 0.717) is 19.4 Å². The summed E-state index contributed by atoms with van der Waals surface area (Å²) in [6.45, 7) is 15.1. The van der Waals surface area contributed by atoms with Gasteiger partial charge in [0.1, 0.15) is 36.4 Å². The van der Waals surface area contributed by atoms with Gasteiger partial charge in [-0.15, -0.1) is 0 Å². The number of rotatable bonds is 14. The molecule has 1 N–H and O–H groups in total. The first-order chi connectivity index (χ1) is 23.1. The Bertz CT molecular complexity index is 1440. The molecule has 0 spiro atoms. The smallest absolute Gasteiger partial charge is 0.408 e. The van der Waals surface area contributed by atoms with Crippen LogP contribution in [0.2, 0.25) is 0 Å². The van der Waals surface area contributed by atoms with Crippen LogP contribution < -0.4 is 5.32 Å². The van der Waals surface area contributed by atoms with E-state index < -0.39 is 53.6 Å². The van der Waals surface area contributed by atoms with Gasteiger partial charge < -0.3 is 29.5 Å². The van der Waals surface area contributed by atoms with Crippen LogP contribution in [0.1, 0.15) is 78.0 Å². The highest BCUT2D eigenvalue weighted by molar-refractivity contribution is 5.95. The molecule has 4 amide bonds. The van der Waals surface area contributed by atoms with Crippen molar-refractivity contribution in [2.75, 3.05) is 20.1 Å². The van der Waals surface area contributed by atoms with Gasteiger partial charge in [-0.05, 0) is 65.0 Å². The summed E-state index contributed by atoms with van der Waals surface area (Å²) in [5.74, 6) is -1.92. The molecule has 0 bridgehead atoms. The lowest BCUT2D eigenvalue weighted by Crippen LogP contribution is -2.65. The minimum atomic E-state index is -0.922. The molecule has 11 heteroatoms. The van der Waals surface area contributed by atoms with E-state index in [-0.39, 0.29) is 31.4 Å². The standard InChI is InChI=1S/C38H54N4O7/c1-10-26(4)32(39-37(47)48-24-29-15-13-12-14-16-29)35(45)40(9)27(5)33(43)42-22-21-30(42)34(44)41(11-2)31(36(46)49-38(6,7)8)23-28-19-17-25(3)18-20-28/h12-20,26-27,30-32H,10-11,21-24H2,1-9H3,(H,39,47)/t26-,27-,30-,31-,32-/m0/s1. The van der Waals surface area contributed by atoms with Crippen molar-refractivity contribution >= 4 is 29.8 Å². The third-order valence-corrected chi connectivity index (χ3v) is 9.07. The number of hydrogen-bond acceptors (Lipinski definition) is 7. The van der Waals surface area contributed by atoms with Crippen LogP contribution >= 0.6 is 0 Å². The molecule has 2 aromatic carbocycles. The summed E-state index contributed by atoms with van der Waals surface area (Å²) in [6.07, 6.45) is 0.568. The molecule has 2 aromatic rings. The zero-order valence-corrected chi connectivity index (χ0v) is 30.5. The van der Waals surface area contributed by atoms with E-state index in [0.717, 1.165) is 16.7 Å². The molecule has 1 aliphatic heterocycles. The summed E-state index contributed by atoms with van der Waals surface area (Å²) < 4.78 is 11.1. The van der Waals surface area contributed by atoms with E-state index in [4.69, 9.17) is 9.47 Å². The fourth-order valence-electron chi connectivity index (χ4n) is 5.66. The molecule has 0 saturated carbocycles. The number of likely N-dealkylation sites (N-methyl/N-ethyl adjacent to an activating group) is 2. The molecule has 3 rings (SSSR count). The van der Waals surface area contributed by atoms with E-state index >= 15 is 0 Å². The summed E-state index contributed by atoms with van der Waals surface area (Å²) in [6, 6.07) is 13.5. The Morgan fingerprint density at radius 2 is 1.59 bits per heavy atom. The number of likely N-dealkylation sites (tertiary alicyclic amines) is 1. The molecule has 1 fully saturated rings. The first-order valence-electron chi connectivity index (χ1n) is 17.2. The molecule has 49 heavy (non-hydrogen) atoms. The highest BCUT2D eigenvalue weighted by Gasteiger charge is 2.45. The predicted molar refractivity (Wildman–Crippen MR) is 187 cm³/mol. The van der Waals surface area contributed by atoms with Gasteiger partial charge in [0.2, 0.25) is 17.7 Å². The van der Waals surface area contributed by atoms with Crippen LogP contribution in [-0.4, -0.2) is 94.4 Å². The summed E-state index contributed by atoms with van der Waals surface area (Å²) in [7, 11) is 1.52. The number of carbonyl (C=O) groups excluding carboxylic acids is 5. The van der Waals surface area contributed by atoms with E-state index in [1.54, 1.807) is 34.6 Å². The van der Waals surface area contributed by atoms with Gasteiger partial charge in [0.05, 0.1) is 0 Å². The van der Waals surface area contributed by atoms with Crippen LogP contribution in [-0.2, 0) is 41.7 Å². The molecule has 268 valence electrons. The average molecular weight is 679 g/mol. The lowest BCUT2D eigenvalue weighted by atomic mass is 9.96. The molecule has 11 nitrogen and oxygen atoms in total. The normalized spacial score (nSPS) is 16.7. The van der Waals surface area contributed by atoms with Gasteiger partial charge in [-0.1, -0.05) is 80.4 Å². The monoisotopic (exact) mass is 678 g/mol. The van der Waals surface area contributed by atoms with Gasteiger partial charge in [0.15, 0.2) is 0 Å². The van der Waals surface area contributed by atoms with Crippen molar-refractivity contribution in [1.82, 2.24) is 20.0 Å². The topological polar surface area (TPSA) is 126 Å². The molecule has 5 atom stereocenters. The first-order valence-corrected chi connectivity index (χ1v) is 17.2. The van der Waals surface area contributed by atoms with Gasteiger partial charge in [0, 0.05) is 26.6 Å². The second-order valence-corrected chi connectivity index (χ2v) is 13.9. The van der Waals surface area contributed by atoms with Crippen molar-refractivity contribution < 1.29 is 33.4 Å². The second kappa shape index (κ2) is 17.3. The Kier molecular flexibility index (Phi) is 13.8. The van der Waals surface area contributed by atoms with Crippen molar-refractivity contribution in [2.45, 2.75) is 111 Å². The van der Waals surface area contributed by atoms with Gasteiger partial charge in [-0.25, -0.2) is 9.59 Å². The summed E-state index contributed by atoms with van der Waals surface area (Å²) >= 11 is 0. The highest BCUT2D eigenvalue weighted by Crippen LogP contribution is 2.25. The minimum Gasteiger partial charge on any atom is -0.458 e. The number of esters is 1. The van der Waals surface area contributed by atoms with E-state index in [2.05, 4.69) is 5.32 Å². The Morgan fingerprint density at radius 1 is 0.959 bits per heavy atom. The Labute approximate surface area is 291 Å². The Morgan fingerprint density at radius 3 is 2.12 bits per heavy atom. The van der Waals surface area contributed by atoms with Gasteiger partial charge in [-0.2, -0.15) is 0 Å². The molecule has 1 saturated heterocycles. The highest BCUT2D eigenvalue weighted by atomic mass is 16.6. The van der Waals surface area contributed by atoms with E-state index in [9.17, 15) is 24.0 Å². The SMILES string of the molecule is CC[C@H](C)[C@H](NC(=O)OCc1ccccc1)C(=O)N(C)[C@@H](C)C(=O)N1CC[C@H]1C(=O)N(CC)[C@@H](Cc1ccc(C)cc1)C(=O)OC(C)(C)C. The maximum atomic E-state index is 14.1. The average Bonchev–Trinajstić information content (AvgIpc) is 3.04. The predicted octanol–water partition coefficient (Wildman–Crippen LogP) is 4.89. The lowest BCUT2D eigenvalue weighted by Gasteiger charge is -2.45. The van der Waals surface area contributed by atoms with Gasteiger partial charge >= 0.3 is 12.1 Å². The molecule has 0 radical (unpaired) electrons. The Hall–Kier alpha value is -4.41. The van der Waals surface area contributed by atoms with Crippen molar-refractivity contribution in [3.8, 4) is 0 Å². The fourth-order valence-corrected chi connectivity index (χ4v) is 5.66. The fraction of sp³-hybridized carbons (Fsp3) is 0.553. The molecular weight excluding hydrogens is 624 g/mol. The van der Waals surface area contributed by atoms with Gasteiger partial charge in [-0.3, -0.25) is 14.4 Å². The van der Waals surface area contributed by atoms with Crippen LogP contribution in [0.3, 0.4) is 0 Å². The summed E-state index contributed by atoms with van der Waals surface area (Å²) in [5.41, 5.74) is 2.03. The second-order valence-electron chi connectivity index (χ2n) is 13.9. The zero-order chi connectivity index (χ0) is 36.5. The zero-order valence-electron chi connectivity index (χ0n) is 30.5. The molecule has 1 aliphatic rings. The van der Waals surface area contributed by atoms with Crippen molar-refractivity contribution in [2.24, 2.45) is 5.92 Å². The van der Waals surface area contributed by atoms with Crippen molar-refractivity contribution in [3.63, 3.8) is 0 Å². The van der Waals surface area contributed by atoms with Crippen LogP contribution in [0.4, 0.5) is 4.79 Å². The minimum absolute atomic E-state index is 0.0533. The number of aryl methyl sites for hydroxylation is 1. The first kappa shape index (κ1) is 39.0. The third-order valence-electron chi connectivity index (χ3n) is 9.07. The van der Waals surface area contributed by atoms with Crippen molar-refractivity contribution in [1.29, 1.82) is 0 Å². The maximum absolute atomic E-state index is 14.1. The van der Waals surface area contributed by atoms with Crippen LogP contribution in [0, 0.1) is 12.8 Å². The third kappa shape index (κ3) is 10.5. The number of nitrogens with one attached hydrogen (secondary N) is 1. The number of nitrogens with zero attached hydrogens (tertiary/aromatic N) is 3. The number of hydrogen-bond donors (Lipinski definition) is 1. The number of ether oxygens (including phenoxy) is 2. The number of alkyl carbamates (subject to hydrolysis) is 1. The van der Waals surface area contributed by atoms with Crippen molar-refractivity contribution in [3.05, 3.63) is 71.3 Å². The van der Waals surface area contributed by atoms with Crippen LogP contribution in [0.25, 0.3) is 0 Å². The van der Waals surface area contributed by atoms with Gasteiger partial charge in [0.25, 0.3) is 0 Å². The molecule has 1 heterocycles. The summed E-state index contributed by atoms with van der Waals surface area (Å²) in [4.78, 5) is 72.1. The number of carbonyl (C=O) groups is 5. The largest absolute Gasteiger partial charge is 0.458 e. The lowest BCUT2D eigenvalue weighted by molar-refractivity contribution is -0.168. The molecule has 0 aromatic heterocycles. The molecular formula is C38H54N4O7. The summed E-state index contributed by atoms with van der Waals surface area (Å²) in [5, 5.41) is 2.70. The van der Waals surface area contributed by atoms with Crippen LogP contribution in [0.5, 0.6) is 0 Å². The maximum Gasteiger partial charge on any atom is 0.408 e. The van der Waals surface area contributed by atoms with E-state index in [1.165, 1.54) is 21.7 Å². The molecule has 0 aliphatic carbocycles. The van der Waals surface area contributed by atoms with E-state index in [1.807, 2.05) is 75.4 Å². The number of amides is 4. The Balaban J connectivity index is 1.73. The number of benzene rings is 2. The quantitative estimate of drug-likeness (QED) is 0.282. The van der Waals surface area contributed by atoms with Crippen LogP contribution in [0.15, 0.2) is 54.6 Å². The molecule has 0 unspecified atom stereocenters.